The Kier molecular flexibility index (Phi) is 5.11. The van der Waals surface area contributed by atoms with Crippen LogP contribution in [-0.4, -0.2) is 27.1 Å². The Morgan fingerprint density at radius 1 is 1.03 bits per heavy atom. The van der Waals surface area contributed by atoms with Gasteiger partial charge in [0.2, 0.25) is 0 Å². The van der Waals surface area contributed by atoms with Crippen LogP contribution in [0, 0.1) is 0 Å². The van der Waals surface area contributed by atoms with Crippen molar-refractivity contribution < 1.29 is 14.7 Å². The number of nitrogens with zero attached hydrogens (tertiary/aromatic N) is 2. The molecule has 0 aliphatic rings. The summed E-state index contributed by atoms with van der Waals surface area (Å²) in [4.78, 5) is 31.9. The zero-order chi connectivity index (χ0) is 20.4. The zero-order valence-electron chi connectivity index (χ0n) is 14.7. The topological polar surface area (TPSA) is 104 Å². The van der Waals surface area contributed by atoms with E-state index in [9.17, 15) is 9.59 Å². The average molecular weight is 425 g/mol. The Morgan fingerprint density at radius 3 is 2.55 bits per heavy atom. The van der Waals surface area contributed by atoms with Crippen LogP contribution in [0.5, 0.6) is 0 Å². The SMILES string of the molecule is O=C(Nc1cccc(Cl)c1)Nc1ncnc2c(-c3ccc(C(=O)O)cc3)csc12. The van der Waals surface area contributed by atoms with E-state index < -0.39 is 12.0 Å². The van der Waals surface area contributed by atoms with E-state index in [-0.39, 0.29) is 5.56 Å². The van der Waals surface area contributed by atoms with E-state index in [4.69, 9.17) is 16.7 Å². The van der Waals surface area contributed by atoms with E-state index in [0.29, 0.717) is 26.7 Å². The van der Waals surface area contributed by atoms with Crippen LogP contribution in [0.25, 0.3) is 21.3 Å². The van der Waals surface area contributed by atoms with Gasteiger partial charge in [0, 0.05) is 21.7 Å². The van der Waals surface area contributed by atoms with Gasteiger partial charge in [-0.25, -0.2) is 19.6 Å². The lowest BCUT2D eigenvalue weighted by Crippen LogP contribution is -2.20. The van der Waals surface area contributed by atoms with Gasteiger partial charge in [-0.3, -0.25) is 5.32 Å². The predicted molar refractivity (Wildman–Crippen MR) is 114 cm³/mol. The Morgan fingerprint density at radius 2 is 1.83 bits per heavy atom. The molecule has 0 aliphatic carbocycles. The van der Waals surface area contributed by atoms with Crippen LogP contribution in [0.15, 0.2) is 60.2 Å². The number of fused-ring (bicyclic) bond motifs is 1. The van der Waals surface area contributed by atoms with Crippen LogP contribution in [-0.2, 0) is 0 Å². The van der Waals surface area contributed by atoms with Crippen molar-refractivity contribution in [2.45, 2.75) is 0 Å². The van der Waals surface area contributed by atoms with Crippen LogP contribution in [0.2, 0.25) is 5.02 Å². The lowest BCUT2D eigenvalue weighted by molar-refractivity contribution is 0.0697. The second-order valence-corrected chi connectivity index (χ2v) is 7.34. The van der Waals surface area contributed by atoms with Crippen LogP contribution >= 0.6 is 22.9 Å². The highest BCUT2D eigenvalue weighted by atomic mass is 35.5. The molecule has 9 heteroatoms. The fraction of sp³-hybridized carbons (Fsp3) is 0. The number of hydrogen-bond donors (Lipinski definition) is 3. The molecule has 3 N–H and O–H groups in total. The van der Waals surface area contributed by atoms with Gasteiger partial charge in [0.25, 0.3) is 0 Å². The zero-order valence-corrected chi connectivity index (χ0v) is 16.3. The molecule has 0 unspecified atom stereocenters. The maximum absolute atomic E-state index is 12.3. The number of rotatable bonds is 4. The molecule has 144 valence electrons. The second kappa shape index (κ2) is 7.86. The summed E-state index contributed by atoms with van der Waals surface area (Å²) in [6.07, 6.45) is 1.37. The van der Waals surface area contributed by atoms with E-state index in [1.807, 2.05) is 5.38 Å². The fourth-order valence-electron chi connectivity index (χ4n) is 2.77. The van der Waals surface area contributed by atoms with Gasteiger partial charge in [-0.05, 0) is 35.9 Å². The number of carbonyl (C=O) groups is 2. The lowest BCUT2D eigenvalue weighted by Gasteiger charge is -2.08. The summed E-state index contributed by atoms with van der Waals surface area (Å²) in [5, 5.41) is 16.9. The fourth-order valence-corrected chi connectivity index (χ4v) is 3.94. The van der Waals surface area contributed by atoms with Crippen molar-refractivity contribution in [2.75, 3.05) is 10.6 Å². The summed E-state index contributed by atoms with van der Waals surface area (Å²) in [7, 11) is 0. The van der Waals surface area contributed by atoms with E-state index in [1.165, 1.54) is 17.7 Å². The van der Waals surface area contributed by atoms with Gasteiger partial charge in [0.15, 0.2) is 5.82 Å². The molecule has 0 bridgehead atoms. The summed E-state index contributed by atoms with van der Waals surface area (Å²) in [6, 6.07) is 12.9. The molecule has 29 heavy (non-hydrogen) atoms. The molecule has 2 aromatic carbocycles. The first kappa shape index (κ1) is 18.9. The maximum Gasteiger partial charge on any atom is 0.335 e. The van der Waals surface area contributed by atoms with Crippen molar-refractivity contribution >= 4 is 56.7 Å². The van der Waals surface area contributed by atoms with Gasteiger partial charge in [0.05, 0.1) is 15.8 Å². The van der Waals surface area contributed by atoms with E-state index >= 15 is 0 Å². The van der Waals surface area contributed by atoms with Crippen molar-refractivity contribution in [2.24, 2.45) is 0 Å². The van der Waals surface area contributed by atoms with E-state index in [2.05, 4.69) is 20.6 Å². The number of amides is 2. The predicted octanol–water partition coefficient (Wildman–Crippen LogP) is 5.35. The van der Waals surface area contributed by atoms with Gasteiger partial charge in [-0.2, -0.15) is 0 Å². The standard InChI is InChI=1S/C20H13ClN4O3S/c21-13-2-1-3-14(8-13)24-20(28)25-18-17-16(22-10-23-18)15(9-29-17)11-4-6-12(7-5-11)19(26)27/h1-10H,(H,26,27)(H2,22,23,24,25,28). The smallest absolute Gasteiger partial charge is 0.335 e. The number of aromatic carboxylic acids is 1. The largest absolute Gasteiger partial charge is 0.478 e. The molecular weight excluding hydrogens is 412 g/mol. The van der Waals surface area contributed by atoms with Gasteiger partial charge < -0.3 is 10.4 Å². The molecule has 2 aromatic heterocycles. The third-order valence-electron chi connectivity index (χ3n) is 4.11. The molecule has 0 saturated carbocycles. The monoisotopic (exact) mass is 424 g/mol. The summed E-state index contributed by atoms with van der Waals surface area (Å²) in [6.45, 7) is 0. The molecule has 0 aliphatic heterocycles. The molecule has 0 saturated heterocycles. The molecule has 0 radical (unpaired) electrons. The van der Waals surface area contributed by atoms with Gasteiger partial charge in [0.1, 0.15) is 6.33 Å². The Balaban J connectivity index is 1.60. The number of anilines is 2. The third-order valence-corrected chi connectivity index (χ3v) is 5.32. The highest BCUT2D eigenvalue weighted by Crippen LogP contribution is 2.35. The molecule has 4 aromatic rings. The number of aromatic nitrogens is 2. The number of carboxylic acid groups (broad SMARTS) is 1. The first-order valence-corrected chi connectivity index (χ1v) is 9.66. The second-order valence-electron chi connectivity index (χ2n) is 6.02. The van der Waals surface area contributed by atoms with Crippen LogP contribution in [0.4, 0.5) is 16.3 Å². The minimum atomic E-state index is -0.980. The summed E-state index contributed by atoms with van der Waals surface area (Å²) in [5.41, 5.74) is 3.11. The first-order valence-electron chi connectivity index (χ1n) is 8.41. The normalized spacial score (nSPS) is 10.7. The van der Waals surface area contributed by atoms with Crippen molar-refractivity contribution in [3.05, 3.63) is 70.8 Å². The van der Waals surface area contributed by atoms with Crippen LogP contribution in [0.1, 0.15) is 10.4 Å². The number of urea groups is 1. The summed E-state index contributed by atoms with van der Waals surface area (Å²) >= 11 is 7.32. The summed E-state index contributed by atoms with van der Waals surface area (Å²) < 4.78 is 0.714. The van der Waals surface area contributed by atoms with Crippen LogP contribution in [0.3, 0.4) is 0 Å². The molecule has 4 rings (SSSR count). The third kappa shape index (κ3) is 4.03. The molecule has 2 heterocycles. The molecule has 7 nitrogen and oxygen atoms in total. The number of benzene rings is 2. The minimum Gasteiger partial charge on any atom is -0.478 e. The van der Waals surface area contributed by atoms with E-state index in [0.717, 1.165) is 11.1 Å². The van der Waals surface area contributed by atoms with Crippen molar-refractivity contribution in [1.29, 1.82) is 0 Å². The number of thiophene rings is 1. The number of hydrogen-bond acceptors (Lipinski definition) is 5. The highest BCUT2D eigenvalue weighted by Gasteiger charge is 2.14. The van der Waals surface area contributed by atoms with Gasteiger partial charge >= 0.3 is 12.0 Å². The number of carbonyl (C=O) groups excluding carboxylic acids is 1. The maximum atomic E-state index is 12.3. The Labute approximate surface area is 174 Å². The Bertz CT molecular complexity index is 1220. The lowest BCUT2D eigenvalue weighted by atomic mass is 10.1. The average Bonchev–Trinajstić information content (AvgIpc) is 3.13. The van der Waals surface area contributed by atoms with E-state index in [1.54, 1.807) is 48.5 Å². The molecule has 0 spiro atoms. The molecule has 0 fully saturated rings. The molecule has 2 amide bonds. The molecular formula is C20H13ClN4O3S. The van der Waals surface area contributed by atoms with Crippen molar-refractivity contribution in [1.82, 2.24) is 9.97 Å². The highest BCUT2D eigenvalue weighted by molar-refractivity contribution is 7.18. The van der Waals surface area contributed by atoms with Crippen molar-refractivity contribution in [3.8, 4) is 11.1 Å². The Hall–Kier alpha value is -3.49. The van der Waals surface area contributed by atoms with Gasteiger partial charge in [-0.1, -0.05) is 29.8 Å². The molecule has 0 atom stereocenters. The summed E-state index contributed by atoms with van der Waals surface area (Å²) in [5.74, 6) is -0.598. The van der Waals surface area contributed by atoms with Gasteiger partial charge in [-0.15, -0.1) is 11.3 Å². The quantitative estimate of drug-likeness (QED) is 0.409. The van der Waals surface area contributed by atoms with Crippen LogP contribution < -0.4 is 10.6 Å². The number of halogens is 1. The number of nitrogens with one attached hydrogen (secondary N) is 2. The first-order chi connectivity index (χ1) is 14.0. The minimum absolute atomic E-state index is 0.211. The number of carboxylic acids is 1. The van der Waals surface area contributed by atoms with Crippen molar-refractivity contribution in [3.63, 3.8) is 0 Å².